The lowest BCUT2D eigenvalue weighted by molar-refractivity contribution is -0.121. The number of primary sulfonamides is 1. The second-order valence-electron chi connectivity index (χ2n) is 7.29. The molecule has 28 heavy (non-hydrogen) atoms. The maximum Gasteiger partial charge on any atom is 0.238 e. The van der Waals surface area contributed by atoms with Crippen LogP contribution < -0.4 is 10.5 Å². The highest BCUT2D eigenvalue weighted by molar-refractivity contribution is 7.89. The number of ether oxygens (including phenoxy) is 1. The number of carbonyl (C=O) groups excluding carboxylic acids is 1. The van der Waals surface area contributed by atoms with E-state index >= 15 is 0 Å². The van der Waals surface area contributed by atoms with Crippen molar-refractivity contribution in [3.63, 3.8) is 0 Å². The first kappa shape index (κ1) is 22.8. The van der Waals surface area contributed by atoms with Gasteiger partial charge in [-0.1, -0.05) is 38.8 Å². The minimum absolute atomic E-state index is 0.0136. The van der Waals surface area contributed by atoms with Gasteiger partial charge in [0.25, 0.3) is 0 Å². The number of morpholine rings is 1. The lowest BCUT2D eigenvalue weighted by Crippen LogP contribution is -2.52. The molecule has 3 N–H and O–H groups in total. The van der Waals surface area contributed by atoms with Gasteiger partial charge in [-0.25, -0.2) is 13.6 Å². The molecule has 1 aromatic carbocycles. The topological polar surface area (TPSA) is 102 Å². The molecule has 0 saturated carbocycles. The Morgan fingerprint density at radius 3 is 2.32 bits per heavy atom. The molecule has 1 amide bonds. The zero-order chi connectivity index (χ0) is 20.6. The van der Waals surface area contributed by atoms with Crippen LogP contribution >= 0.6 is 0 Å². The summed E-state index contributed by atoms with van der Waals surface area (Å²) in [6, 6.07) is 6.69. The Balaban J connectivity index is 1.86. The van der Waals surface area contributed by atoms with Crippen LogP contribution in [0.5, 0.6) is 0 Å². The monoisotopic (exact) mass is 411 g/mol. The normalized spacial score (nSPS) is 16.9. The van der Waals surface area contributed by atoms with E-state index in [4.69, 9.17) is 9.88 Å². The number of sulfonamides is 1. The fourth-order valence-electron chi connectivity index (χ4n) is 3.75. The lowest BCUT2D eigenvalue weighted by Gasteiger charge is -2.38. The number of amides is 1. The molecule has 8 heteroatoms. The van der Waals surface area contributed by atoms with E-state index in [1.165, 1.54) is 12.1 Å². The first-order chi connectivity index (χ1) is 13.3. The number of nitrogens with two attached hydrogens (primary N) is 1. The molecule has 0 spiro atoms. The molecule has 1 aromatic rings. The number of hydrogen-bond donors (Lipinski definition) is 2. The van der Waals surface area contributed by atoms with Gasteiger partial charge in [0.15, 0.2) is 0 Å². The van der Waals surface area contributed by atoms with Crippen molar-refractivity contribution in [2.45, 2.75) is 50.5 Å². The third kappa shape index (κ3) is 6.84. The molecule has 1 aliphatic rings. The minimum atomic E-state index is -3.69. The number of aryl methyl sites for hydroxylation is 1. The summed E-state index contributed by atoms with van der Waals surface area (Å²) in [5.41, 5.74) is 0.910. The number of nitrogens with one attached hydrogen (secondary N) is 1. The average molecular weight is 412 g/mol. The third-order valence-electron chi connectivity index (χ3n) is 5.51. The van der Waals surface area contributed by atoms with Gasteiger partial charge in [0.2, 0.25) is 15.9 Å². The number of rotatable bonds is 10. The largest absolute Gasteiger partial charge is 0.379 e. The van der Waals surface area contributed by atoms with Crippen molar-refractivity contribution in [1.29, 1.82) is 0 Å². The SMILES string of the molecule is CCC(CC)C(CNC(=O)CCc1ccc(S(N)(=O)=O)cc1)N1CCOCC1. The van der Waals surface area contributed by atoms with Crippen molar-refractivity contribution in [2.24, 2.45) is 11.1 Å². The Labute approximate surface area is 168 Å². The van der Waals surface area contributed by atoms with Gasteiger partial charge in [0.05, 0.1) is 18.1 Å². The highest BCUT2D eigenvalue weighted by Crippen LogP contribution is 2.19. The molecule has 1 aliphatic heterocycles. The summed E-state index contributed by atoms with van der Waals surface area (Å²) in [5.74, 6) is 0.559. The van der Waals surface area contributed by atoms with Crippen LogP contribution in [0.4, 0.5) is 0 Å². The first-order valence-electron chi connectivity index (χ1n) is 10.0. The van der Waals surface area contributed by atoms with Crippen LogP contribution in [0.3, 0.4) is 0 Å². The van der Waals surface area contributed by atoms with Crippen LogP contribution in [0.2, 0.25) is 0 Å². The Bertz CT molecular complexity index is 711. The van der Waals surface area contributed by atoms with Gasteiger partial charge in [-0.2, -0.15) is 0 Å². The fourth-order valence-corrected chi connectivity index (χ4v) is 4.26. The number of hydrogen-bond acceptors (Lipinski definition) is 5. The molecule has 0 bridgehead atoms. The number of benzene rings is 1. The molecule has 158 valence electrons. The predicted molar refractivity (Wildman–Crippen MR) is 109 cm³/mol. The first-order valence-corrected chi connectivity index (χ1v) is 11.6. The summed E-state index contributed by atoms with van der Waals surface area (Å²) in [5, 5.41) is 8.20. The number of nitrogens with zero attached hydrogens (tertiary/aromatic N) is 1. The minimum Gasteiger partial charge on any atom is -0.379 e. The smallest absolute Gasteiger partial charge is 0.238 e. The van der Waals surface area contributed by atoms with Gasteiger partial charge in [-0.05, 0) is 30.0 Å². The zero-order valence-electron chi connectivity index (χ0n) is 16.9. The summed E-state index contributed by atoms with van der Waals surface area (Å²) in [6.07, 6.45) is 3.10. The summed E-state index contributed by atoms with van der Waals surface area (Å²) < 4.78 is 28.1. The fraction of sp³-hybridized carbons (Fsp3) is 0.650. The van der Waals surface area contributed by atoms with Crippen LogP contribution in [0, 0.1) is 5.92 Å². The molecule has 0 aliphatic carbocycles. The van der Waals surface area contributed by atoms with Crippen molar-refractivity contribution in [1.82, 2.24) is 10.2 Å². The standard InChI is InChI=1S/C20H33N3O4S/c1-3-17(4-2)19(23-11-13-27-14-12-23)15-22-20(24)10-7-16-5-8-18(9-6-16)28(21,25)26/h5-6,8-9,17,19H,3-4,7,10-15H2,1-2H3,(H,22,24)(H2,21,25,26). The van der Waals surface area contributed by atoms with Gasteiger partial charge in [-0.3, -0.25) is 9.69 Å². The van der Waals surface area contributed by atoms with Gasteiger partial charge in [0.1, 0.15) is 0 Å². The molecule has 1 heterocycles. The van der Waals surface area contributed by atoms with Crippen LogP contribution in [-0.4, -0.2) is 58.1 Å². The Kier molecular flexibility index (Phi) is 8.88. The van der Waals surface area contributed by atoms with Crippen molar-refractivity contribution in [3.8, 4) is 0 Å². The highest BCUT2D eigenvalue weighted by Gasteiger charge is 2.27. The summed E-state index contributed by atoms with van der Waals surface area (Å²) >= 11 is 0. The summed E-state index contributed by atoms with van der Waals surface area (Å²) in [4.78, 5) is 14.9. The van der Waals surface area contributed by atoms with E-state index in [1.807, 2.05) is 0 Å². The molecule has 0 radical (unpaired) electrons. The maximum absolute atomic E-state index is 12.4. The Morgan fingerprint density at radius 1 is 1.18 bits per heavy atom. The molecular weight excluding hydrogens is 378 g/mol. The average Bonchev–Trinajstić information content (AvgIpc) is 2.70. The van der Waals surface area contributed by atoms with Crippen LogP contribution in [0.25, 0.3) is 0 Å². The van der Waals surface area contributed by atoms with Crippen molar-refractivity contribution in [3.05, 3.63) is 29.8 Å². The molecule has 1 atom stereocenters. The lowest BCUT2D eigenvalue weighted by atomic mass is 9.92. The maximum atomic E-state index is 12.4. The molecular formula is C20H33N3O4S. The quantitative estimate of drug-likeness (QED) is 0.608. The second kappa shape index (κ2) is 10.9. The van der Waals surface area contributed by atoms with Gasteiger partial charge in [-0.15, -0.1) is 0 Å². The van der Waals surface area contributed by atoms with Crippen LogP contribution in [0.15, 0.2) is 29.2 Å². The van der Waals surface area contributed by atoms with Gasteiger partial charge < -0.3 is 10.1 Å². The van der Waals surface area contributed by atoms with E-state index in [9.17, 15) is 13.2 Å². The predicted octanol–water partition coefficient (Wildman–Crippen LogP) is 1.52. The Morgan fingerprint density at radius 2 is 1.79 bits per heavy atom. The Hall–Kier alpha value is -1.48. The van der Waals surface area contributed by atoms with E-state index in [1.54, 1.807) is 12.1 Å². The van der Waals surface area contributed by atoms with Crippen molar-refractivity contribution in [2.75, 3.05) is 32.8 Å². The van der Waals surface area contributed by atoms with E-state index in [0.29, 0.717) is 31.3 Å². The second-order valence-corrected chi connectivity index (χ2v) is 8.85. The molecule has 1 unspecified atom stereocenters. The highest BCUT2D eigenvalue weighted by atomic mass is 32.2. The van der Waals surface area contributed by atoms with E-state index in [2.05, 4.69) is 24.1 Å². The van der Waals surface area contributed by atoms with Crippen molar-refractivity contribution < 1.29 is 17.9 Å². The van der Waals surface area contributed by atoms with E-state index < -0.39 is 10.0 Å². The molecule has 0 aromatic heterocycles. The van der Waals surface area contributed by atoms with E-state index in [-0.39, 0.29) is 10.8 Å². The molecule has 7 nitrogen and oxygen atoms in total. The van der Waals surface area contributed by atoms with Crippen LogP contribution in [-0.2, 0) is 26.0 Å². The molecule has 2 rings (SSSR count). The third-order valence-corrected chi connectivity index (χ3v) is 6.44. The van der Waals surface area contributed by atoms with E-state index in [0.717, 1.165) is 44.7 Å². The summed E-state index contributed by atoms with van der Waals surface area (Å²) in [6.45, 7) is 8.37. The summed E-state index contributed by atoms with van der Waals surface area (Å²) in [7, 11) is -3.69. The molecule has 1 saturated heterocycles. The van der Waals surface area contributed by atoms with Gasteiger partial charge in [0, 0.05) is 32.1 Å². The number of carbonyl (C=O) groups is 1. The van der Waals surface area contributed by atoms with Gasteiger partial charge >= 0.3 is 0 Å². The van der Waals surface area contributed by atoms with Crippen LogP contribution in [0.1, 0.15) is 38.7 Å². The van der Waals surface area contributed by atoms with Crippen molar-refractivity contribution >= 4 is 15.9 Å². The molecule has 1 fully saturated rings. The zero-order valence-corrected chi connectivity index (χ0v) is 17.7.